The molecule has 2 heteroatoms. The molecule has 0 aromatic carbocycles. The molecule has 0 aromatic heterocycles. The van der Waals surface area contributed by atoms with Crippen molar-refractivity contribution in [2.24, 2.45) is 0 Å². The summed E-state index contributed by atoms with van der Waals surface area (Å²) in [6.07, 6.45) is 1.00. The Morgan fingerprint density at radius 1 is 1.71 bits per heavy atom. The molecular formula is C5H6O2. The van der Waals surface area contributed by atoms with Crippen LogP contribution in [0.3, 0.4) is 0 Å². The summed E-state index contributed by atoms with van der Waals surface area (Å²) in [5, 5.41) is 7.42. The summed E-state index contributed by atoms with van der Waals surface area (Å²) < 4.78 is 0. The van der Waals surface area contributed by atoms with Crippen molar-refractivity contribution >= 4 is 5.97 Å². The monoisotopic (exact) mass is 98.0 g/mol. The molecule has 0 spiro atoms. The number of hydrogen-bond donors (Lipinski definition) is 1. The Hall–Kier alpha value is -0.970. The molecule has 0 saturated carbocycles. The molecule has 2 nitrogen and oxygen atoms in total. The fourth-order valence-corrected chi connectivity index (χ4v) is 0. The van der Waals surface area contributed by atoms with Gasteiger partial charge in [-0.25, -0.2) is 0 Å². The standard InChI is InChI=1S/C3H2.C2H4O2/c1-2-3-1;1-2(3)4/h1H2;1H3,(H,3,4). The number of carboxylic acid groups (broad SMARTS) is 1. The summed E-state index contributed by atoms with van der Waals surface area (Å²) in [5.41, 5.74) is 0. The number of aliphatic carboxylic acids is 1. The van der Waals surface area contributed by atoms with Crippen LogP contribution < -0.4 is 0 Å². The average Bonchev–Trinajstić information content (AvgIpc) is 2.02. The van der Waals surface area contributed by atoms with Crippen LogP contribution in [0.4, 0.5) is 0 Å². The van der Waals surface area contributed by atoms with Gasteiger partial charge in [0.25, 0.3) is 5.97 Å². The fourth-order valence-electron chi connectivity index (χ4n) is 0. The van der Waals surface area contributed by atoms with Crippen molar-refractivity contribution in [2.45, 2.75) is 13.3 Å². The van der Waals surface area contributed by atoms with E-state index in [2.05, 4.69) is 11.8 Å². The van der Waals surface area contributed by atoms with Gasteiger partial charge >= 0.3 is 0 Å². The van der Waals surface area contributed by atoms with Gasteiger partial charge in [-0.3, -0.25) is 4.79 Å². The molecule has 0 atom stereocenters. The zero-order valence-electron chi connectivity index (χ0n) is 4.06. The predicted molar refractivity (Wildman–Crippen MR) is 25.7 cm³/mol. The smallest absolute Gasteiger partial charge is 0.300 e. The second-order valence-corrected chi connectivity index (χ2v) is 1.05. The second kappa shape index (κ2) is 3.23. The largest absolute Gasteiger partial charge is 0.481 e. The van der Waals surface area contributed by atoms with E-state index < -0.39 is 5.97 Å². The third kappa shape index (κ3) is 51300. The molecular weight excluding hydrogens is 92.1 g/mol. The summed E-state index contributed by atoms with van der Waals surface area (Å²) >= 11 is 0. The van der Waals surface area contributed by atoms with E-state index in [4.69, 9.17) is 9.90 Å². The normalized spacial score (nSPS) is 9.29. The third-order valence-corrected chi connectivity index (χ3v) is 0.177. The van der Waals surface area contributed by atoms with E-state index in [1.807, 2.05) is 0 Å². The Kier molecular flexibility index (Phi) is 2.78. The van der Waals surface area contributed by atoms with E-state index >= 15 is 0 Å². The minimum atomic E-state index is -0.833. The minimum Gasteiger partial charge on any atom is -0.481 e. The van der Waals surface area contributed by atoms with Crippen molar-refractivity contribution in [3.8, 4) is 11.8 Å². The van der Waals surface area contributed by atoms with Crippen molar-refractivity contribution in [3.63, 3.8) is 0 Å². The molecule has 0 unspecified atom stereocenters. The molecule has 0 saturated heterocycles. The van der Waals surface area contributed by atoms with Gasteiger partial charge in [-0.15, -0.1) is 0 Å². The van der Waals surface area contributed by atoms with E-state index in [0.29, 0.717) is 0 Å². The van der Waals surface area contributed by atoms with Crippen LogP contribution >= 0.6 is 0 Å². The van der Waals surface area contributed by atoms with E-state index in [1.165, 1.54) is 0 Å². The van der Waals surface area contributed by atoms with Crippen LogP contribution in [0.5, 0.6) is 0 Å². The topological polar surface area (TPSA) is 37.3 Å². The lowest BCUT2D eigenvalue weighted by Gasteiger charge is -1.59. The highest BCUT2D eigenvalue weighted by Gasteiger charge is 1.71. The van der Waals surface area contributed by atoms with Crippen molar-refractivity contribution in [3.05, 3.63) is 0 Å². The van der Waals surface area contributed by atoms with Crippen LogP contribution in [0.15, 0.2) is 0 Å². The fraction of sp³-hybridized carbons (Fsp3) is 0.400. The minimum absolute atomic E-state index is 0.833. The van der Waals surface area contributed by atoms with Gasteiger partial charge in [0.1, 0.15) is 0 Å². The lowest BCUT2D eigenvalue weighted by Crippen LogP contribution is -1.78. The first kappa shape index (κ1) is 6.03. The number of carboxylic acids is 1. The SMILES string of the molecule is C1#CC1.CC(=O)O. The van der Waals surface area contributed by atoms with Crippen LogP contribution in [0, 0.1) is 11.8 Å². The molecule has 1 aliphatic carbocycles. The van der Waals surface area contributed by atoms with Crippen molar-refractivity contribution in [1.82, 2.24) is 0 Å². The summed E-state index contributed by atoms with van der Waals surface area (Å²) in [6, 6.07) is 0. The van der Waals surface area contributed by atoms with Crippen LogP contribution in [-0.2, 0) is 4.79 Å². The van der Waals surface area contributed by atoms with Gasteiger partial charge in [-0.2, -0.15) is 0 Å². The molecule has 0 amide bonds. The van der Waals surface area contributed by atoms with Crippen LogP contribution in [0.2, 0.25) is 0 Å². The highest BCUT2D eigenvalue weighted by Crippen LogP contribution is 1.79. The van der Waals surface area contributed by atoms with Gasteiger partial charge in [0.2, 0.25) is 0 Å². The Balaban J connectivity index is 0.000000105. The summed E-state index contributed by atoms with van der Waals surface area (Å²) in [4.78, 5) is 9.00. The van der Waals surface area contributed by atoms with E-state index in [9.17, 15) is 0 Å². The second-order valence-electron chi connectivity index (χ2n) is 1.05. The lowest BCUT2D eigenvalue weighted by molar-refractivity contribution is -0.134. The Morgan fingerprint density at radius 3 is 1.86 bits per heavy atom. The molecule has 0 radical (unpaired) electrons. The molecule has 0 fully saturated rings. The first-order chi connectivity index (χ1) is 3.23. The van der Waals surface area contributed by atoms with E-state index in [0.717, 1.165) is 13.3 Å². The maximum Gasteiger partial charge on any atom is 0.300 e. The Bertz CT molecular complexity index is 106. The van der Waals surface area contributed by atoms with Gasteiger partial charge in [0, 0.05) is 6.92 Å². The van der Waals surface area contributed by atoms with Crippen LogP contribution in [0.1, 0.15) is 13.3 Å². The Labute approximate surface area is 42.2 Å². The first-order valence-electron chi connectivity index (χ1n) is 1.88. The quantitative estimate of drug-likeness (QED) is 0.447. The highest BCUT2D eigenvalue weighted by atomic mass is 16.4. The van der Waals surface area contributed by atoms with Gasteiger partial charge in [-0.05, 0) is 0 Å². The van der Waals surface area contributed by atoms with Gasteiger partial charge < -0.3 is 5.11 Å². The first-order valence-corrected chi connectivity index (χ1v) is 1.88. The molecule has 0 heterocycles. The number of carbonyl (C=O) groups is 1. The third-order valence-electron chi connectivity index (χ3n) is 0.177. The van der Waals surface area contributed by atoms with E-state index in [1.54, 1.807) is 0 Å². The number of rotatable bonds is 0. The summed E-state index contributed by atoms with van der Waals surface area (Å²) in [5.74, 6) is 4.67. The van der Waals surface area contributed by atoms with Gasteiger partial charge in [-0.1, -0.05) is 11.8 Å². The maximum absolute atomic E-state index is 9.00. The van der Waals surface area contributed by atoms with Crippen molar-refractivity contribution in [1.29, 1.82) is 0 Å². The van der Waals surface area contributed by atoms with Crippen molar-refractivity contribution in [2.75, 3.05) is 0 Å². The summed E-state index contributed by atoms with van der Waals surface area (Å²) in [6.45, 7) is 1.08. The molecule has 0 aromatic rings. The van der Waals surface area contributed by atoms with Crippen LogP contribution in [0.25, 0.3) is 0 Å². The molecule has 38 valence electrons. The number of hydrogen-bond acceptors (Lipinski definition) is 1. The van der Waals surface area contributed by atoms with Gasteiger partial charge in [0.05, 0.1) is 6.42 Å². The van der Waals surface area contributed by atoms with Crippen LogP contribution in [-0.4, -0.2) is 11.1 Å². The molecule has 0 aliphatic heterocycles. The molecule has 0 bridgehead atoms. The zero-order valence-corrected chi connectivity index (χ0v) is 4.06. The summed E-state index contributed by atoms with van der Waals surface area (Å²) in [7, 11) is 0. The van der Waals surface area contributed by atoms with Crippen molar-refractivity contribution < 1.29 is 9.90 Å². The molecule has 1 N–H and O–H groups in total. The Morgan fingerprint density at radius 2 is 1.86 bits per heavy atom. The maximum atomic E-state index is 9.00. The van der Waals surface area contributed by atoms with Gasteiger partial charge in [0.15, 0.2) is 0 Å². The van der Waals surface area contributed by atoms with E-state index in [-0.39, 0.29) is 0 Å². The molecule has 1 rings (SSSR count). The predicted octanol–water partition coefficient (Wildman–Crippen LogP) is 0.484. The highest BCUT2D eigenvalue weighted by molar-refractivity contribution is 5.62. The average molecular weight is 98.1 g/mol. The lowest BCUT2D eigenvalue weighted by atomic mass is 10.9. The zero-order chi connectivity index (χ0) is 5.70. The molecule has 7 heavy (non-hydrogen) atoms. The molecule has 1 aliphatic rings.